The van der Waals surface area contributed by atoms with Crippen molar-refractivity contribution in [1.82, 2.24) is 29.7 Å². The number of hydrogen-bond donors (Lipinski definition) is 6. The van der Waals surface area contributed by atoms with E-state index >= 15 is 0 Å². The zero-order chi connectivity index (χ0) is 29.8. The van der Waals surface area contributed by atoms with Crippen molar-refractivity contribution in [3.8, 4) is 5.75 Å². The van der Waals surface area contributed by atoms with Crippen LogP contribution in [0.25, 0.3) is 11.2 Å². The van der Waals surface area contributed by atoms with Gasteiger partial charge in [0.25, 0.3) is 5.91 Å². The molecule has 2 fully saturated rings. The first kappa shape index (κ1) is 29.4. The minimum atomic E-state index is -1.41. The number of nitrogens with two attached hydrogens (primary N) is 1. The Balaban J connectivity index is 1.14. The van der Waals surface area contributed by atoms with Gasteiger partial charge in [-0.05, 0) is 62.8 Å². The van der Waals surface area contributed by atoms with Crippen molar-refractivity contribution >= 4 is 34.7 Å². The van der Waals surface area contributed by atoms with E-state index in [0.717, 1.165) is 25.7 Å². The number of benzene rings is 1. The normalized spacial score (nSPS) is 22.8. The van der Waals surface area contributed by atoms with Crippen LogP contribution in [0.15, 0.2) is 30.6 Å². The molecule has 0 radical (unpaired) electrons. The summed E-state index contributed by atoms with van der Waals surface area (Å²) in [5.74, 6) is 1.03. The van der Waals surface area contributed by atoms with Gasteiger partial charge in [-0.1, -0.05) is 0 Å². The lowest BCUT2D eigenvalue weighted by Crippen LogP contribution is -2.42. The molecule has 4 heterocycles. The van der Waals surface area contributed by atoms with Crippen molar-refractivity contribution in [2.75, 3.05) is 30.8 Å². The number of likely N-dealkylation sites (N-methyl/N-ethyl adjacent to an activating group) is 1. The first-order valence-corrected chi connectivity index (χ1v) is 14.0. The van der Waals surface area contributed by atoms with Gasteiger partial charge in [0.05, 0.1) is 12.0 Å². The van der Waals surface area contributed by atoms with Crippen LogP contribution >= 0.6 is 0 Å². The van der Waals surface area contributed by atoms with E-state index in [2.05, 4.69) is 20.3 Å². The van der Waals surface area contributed by atoms with Gasteiger partial charge in [-0.25, -0.2) is 19.7 Å². The Morgan fingerprint density at radius 3 is 2.57 bits per heavy atom. The molecule has 1 aromatic carbocycles. The third-order valence-corrected chi connectivity index (χ3v) is 7.69. The molecule has 4 atom stereocenters. The molecule has 226 valence electrons. The van der Waals surface area contributed by atoms with E-state index in [1.54, 1.807) is 36.1 Å². The van der Waals surface area contributed by atoms with Crippen LogP contribution in [0.1, 0.15) is 44.7 Å². The van der Waals surface area contributed by atoms with Gasteiger partial charge in [-0.15, -0.1) is 0 Å². The number of aryl methyl sites for hydroxylation is 1. The number of nitrogen functional groups attached to an aromatic ring is 1. The topological polar surface area (TPSA) is 210 Å². The lowest BCUT2D eigenvalue weighted by Gasteiger charge is -2.31. The standard InChI is InChI=1S/C27H36N8O7/c1-2-29-25(38)22-20(36)21(37)26(42-22)35-14-30-19-23(28)31-18(32-24(19)35)5-3-4-15-10-12-34(13-11-15)27(39)41-17-8-6-16(33-40)7-9-17/h6-9,14-15,20-22,26,33,36-37,40H,2-5,10-13H2,1H3,(H,29,38)(H2,28,31,32)/t20?,21-,22-,26+/m0/s1. The summed E-state index contributed by atoms with van der Waals surface area (Å²) in [4.78, 5) is 39.8. The van der Waals surface area contributed by atoms with Gasteiger partial charge in [-0.3, -0.25) is 20.0 Å². The maximum atomic E-state index is 12.5. The number of fused-ring (bicyclic) bond motifs is 1. The van der Waals surface area contributed by atoms with E-state index in [1.165, 1.54) is 10.9 Å². The molecule has 2 aromatic heterocycles. The number of amides is 2. The van der Waals surface area contributed by atoms with Crippen LogP contribution in [-0.4, -0.2) is 89.8 Å². The average molecular weight is 585 g/mol. The number of nitrogens with one attached hydrogen (secondary N) is 2. The fourth-order valence-electron chi connectivity index (χ4n) is 5.38. The van der Waals surface area contributed by atoms with Crippen molar-refractivity contribution in [3.63, 3.8) is 0 Å². The Bertz CT molecular complexity index is 1390. The number of aliphatic hydroxyl groups is 2. The molecule has 15 heteroatoms. The molecule has 15 nitrogen and oxygen atoms in total. The molecule has 0 spiro atoms. The van der Waals surface area contributed by atoms with E-state index in [9.17, 15) is 19.8 Å². The number of anilines is 2. The van der Waals surface area contributed by atoms with E-state index in [1.807, 2.05) is 5.48 Å². The highest BCUT2D eigenvalue weighted by Gasteiger charge is 2.47. The first-order valence-electron chi connectivity index (χ1n) is 14.0. The number of piperidine rings is 1. The number of nitrogens with zero attached hydrogens (tertiary/aromatic N) is 5. The highest BCUT2D eigenvalue weighted by Crippen LogP contribution is 2.32. The summed E-state index contributed by atoms with van der Waals surface area (Å²) in [7, 11) is 0. The summed E-state index contributed by atoms with van der Waals surface area (Å²) in [6.07, 6.45) is -0.0998. The second-order valence-corrected chi connectivity index (χ2v) is 10.5. The quantitative estimate of drug-likeness (QED) is 0.196. The monoisotopic (exact) mass is 584 g/mol. The number of aromatic nitrogens is 4. The van der Waals surface area contributed by atoms with E-state index < -0.39 is 36.5 Å². The molecule has 7 N–H and O–H groups in total. The average Bonchev–Trinajstić information content (AvgIpc) is 3.54. The predicted octanol–water partition coefficient (Wildman–Crippen LogP) is 1.20. The summed E-state index contributed by atoms with van der Waals surface area (Å²) in [6.45, 7) is 3.30. The van der Waals surface area contributed by atoms with Gasteiger partial charge in [0.1, 0.15) is 29.3 Å². The molecular formula is C27H36N8O7. The number of likely N-dealkylation sites (tertiary alicyclic amines) is 1. The second kappa shape index (κ2) is 12.9. The van der Waals surface area contributed by atoms with Gasteiger partial charge < -0.3 is 35.6 Å². The maximum absolute atomic E-state index is 12.5. The van der Waals surface area contributed by atoms with Crippen LogP contribution in [-0.2, 0) is 16.0 Å². The lowest BCUT2D eigenvalue weighted by molar-refractivity contribution is -0.137. The summed E-state index contributed by atoms with van der Waals surface area (Å²) in [5.41, 5.74) is 9.39. The van der Waals surface area contributed by atoms with Crippen LogP contribution < -0.4 is 21.3 Å². The Hall–Kier alpha value is -4.05. The van der Waals surface area contributed by atoms with Crippen LogP contribution in [0, 0.1) is 5.92 Å². The van der Waals surface area contributed by atoms with Crippen LogP contribution in [0.5, 0.6) is 5.75 Å². The van der Waals surface area contributed by atoms with E-state index in [0.29, 0.717) is 60.4 Å². The Kier molecular flexibility index (Phi) is 9.01. The highest BCUT2D eigenvalue weighted by molar-refractivity contribution is 5.83. The number of carbonyl (C=O) groups excluding carboxylic acids is 2. The van der Waals surface area contributed by atoms with Gasteiger partial charge in [0.15, 0.2) is 23.8 Å². The molecule has 2 saturated heterocycles. The fraction of sp³-hybridized carbons (Fsp3) is 0.519. The largest absolute Gasteiger partial charge is 0.415 e. The molecule has 0 aliphatic carbocycles. The fourth-order valence-corrected chi connectivity index (χ4v) is 5.38. The summed E-state index contributed by atoms with van der Waals surface area (Å²) < 4.78 is 12.6. The Morgan fingerprint density at radius 2 is 1.88 bits per heavy atom. The van der Waals surface area contributed by atoms with Gasteiger partial charge in [0.2, 0.25) is 0 Å². The number of imidazole rings is 1. The Labute approximate surface area is 241 Å². The molecule has 0 bridgehead atoms. The molecule has 3 aromatic rings. The minimum absolute atomic E-state index is 0.191. The molecule has 2 amide bonds. The number of hydrogen-bond acceptors (Lipinski definition) is 12. The molecular weight excluding hydrogens is 548 g/mol. The third-order valence-electron chi connectivity index (χ3n) is 7.69. The molecule has 0 saturated carbocycles. The molecule has 2 aliphatic heterocycles. The molecule has 1 unspecified atom stereocenters. The van der Waals surface area contributed by atoms with Gasteiger partial charge >= 0.3 is 6.09 Å². The van der Waals surface area contributed by atoms with Crippen molar-refractivity contribution in [3.05, 3.63) is 36.4 Å². The van der Waals surface area contributed by atoms with Crippen LogP contribution in [0.4, 0.5) is 16.3 Å². The SMILES string of the molecule is CCNC(=O)[C@H]1O[C@@H](n2cnc3c(N)nc(CCCC4CCN(C(=O)Oc5ccc(NO)cc5)CC4)nc32)[C@@H](O)C1O. The van der Waals surface area contributed by atoms with Crippen molar-refractivity contribution < 1.29 is 34.5 Å². The number of aliphatic hydroxyl groups excluding tert-OH is 2. The third kappa shape index (κ3) is 6.23. The Morgan fingerprint density at radius 1 is 1.14 bits per heavy atom. The van der Waals surface area contributed by atoms with Crippen molar-refractivity contribution in [1.29, 1.82) is 0 Å². The highest BCUT2D eigenvalue weighted by atomic mass is 16.6. The zero-order valence-corrected chi connectivity index (χ0v) is 23.2. The predicted molar refractivity (Wildman–Crippen MR) is 149 cm³/mol. The number of carbonyl (C=O) groups is 2. The summed E-state index contributed by atoms with van der Waals surface area (Å²) in [5, 5.41) is 32.5. The van der Waals surface area contributed by atoms with Gasteiger partial charge in [-0.2, -0.15) is 0 Å². The number of rotatable bonds is 9. The van der Waals surface area contributed by atoms with Crippen molar-refractivity contribution in [2.45, 2.75) is 63.6 Å². The van der Waals surface area contributed by atoms with Gasteiger partial charge in [0, 0.05) is 26.1 Å². The van der Waals surface area contributed by atoms with Crippen LogP contribution in [0.3, 0.4) is 0 Å². The molecule has 2 aliphatic rings. The second-order valence-electron chi connectivity index (χ2n) is 10.5. The van der Waals surface area contributed by atoms with Crippen LogP contribution in [0.2, 0.25) is 0 Å². The smallest absolute Gasteiger partial charge is 0.410 e. The van der Waals surface area contributed by atoms with E-state index in [4.69, 9.17) is 20.4 Å². The number of ether oxygens (including phenoxy) is 2. The molecule has 5 rings (SSSR count). The zero-order valence-electron chi connectivity index (χ0n) is 23.2. The first-order chi connectivity index (χ1) is 20.3. The molecule has 42 heavy (non-hydrogen) atoms. The van der Waals surface area contributed by atoms with Crippen molar-refractivity contribution in [2.24, 2.45) is 5.92 Å². The maximum Gasteiger partial charge on any atom is 0.415 e. The van der Waals surface area contributed by atoms with E-state index in [-0.39, 0.29) is 5.82 Å². The summed E-state index contributed by atoms with van der Waals surface area (Å²) >= 11 is 0. The lowest BCUT2D eigenvalue weighted by atomic mass is 9.91. The summed E-state index contributed by atoms with van der Waals surface area (Å²) in [6, 6.07) is 6.43. The minimum Gasteiger partial charge on any atom is -0.410 e.